The first-order valence-corrected chi connectivity index (χ1v) is 8.04. The number of carbonyl (C=O) groups excluding carboxylic acids is 1. The van der Waals surface area contributed by atoms with E-state index >= 15 is 0 Å². The van der Waals surface area contributed by atoms with Gasteiger partial charge in [0, 0.05) is 12.6 Å². The second-order valence-corrected chi connectivity index (χ2v) is 7.17. The van der Waals surface area contributed by atoms with Crippen LogP contribution in [0.25, 0.3) is 0 Å². The molecule has 4 N–H and O–H groups in total. The third-order valence-electron chi connectivity index (χ3n) is 3.86. The van der Waals surface area contributed by atoms with E-state index in [4.69, 9.17) is 5.73 Å². The monoisotopic (exact) mass is 296 g/mol. The number of hydrogen-bond donors (Lipinski definition) is 3. The topological polar surface area (TPSA) is 80.0 Å². The molecule has 0 saturated heterocycles. The third kappa shape index (κ3) is 3.62. The van der Waals surface area contributed by atoms with E-state index in [0.29, 0.717) is 21.2 Å². The summed E-state index contributed by atoms with van der Waals surface area (Å²) < 4.78 is 0. The molecule has 1 saturated carbocycles. The lowest BCUT2D eigenvalue weighted by atomic mass is 9.75. The van der Waals surface area contributed by atoms with Crippen LogP contribution in [0.2, 0.25) is 0 Å². The normalized spacial score (nSPS) is 18.8. The molecule has 0 aliphatic heterocycles. The molecule has 0 spiro atoms. The van der Waals surface area contributed by atoms with Gasteiger partial charge in [-0.25, -0.2) is 4.98 Å². The number of nitrogens with zero attached hydrogens (tertiary/aromatic N) is 1. The maximum Gasteiger partial charge on any atom is 0.265 e. The standard InChI is InChI=1S/C14H24N4OS/c1-4-16-13-18-11(15)10(20-13)12(19)17-9-5-7-14(2,3)8-6-9/h9H,4-8,15H2,1-3H3,(H,16,18)(H,17,19). The van der Waals surface area contributed by atoms with Gasteiger partial charge in [-0.2, -0.15) is 0 Å². The van der Waals surface area contributed by atoms with Crippen molar-refractivity contribution in [2.24, 2.45) is 5.41 Å². The molecule has 0 bridgehead atoms. The molecule has 5 nitrogen and oxygen atoms in total. The van der Waals surface area contributed by atoms with Gasteiger partial charge in [-0.15, -0.1) is 0 Å². The summed E-state index contributed by atoms with van der Waals surface area (Å²) in [6, 6.07) is 0.264. The number of nitrogen functional groups attached to an aromatic ring is 1. The molecular formula is C14H24N4OS. The summed E-state index contributed by atoms with van der Waals surface area (Å²) in [6.45, 7) is 7.33. The molecule has 1 aromatic rings. The average Bonchev–Trinajstić information content (AvgIpc) is 2.73. The fourth-order valence-electron chi connectivity index (χ4n) is 2.52. The van der Waals surface area contributed by atoms with Gasteiger partial charge in [0.05, 0.1) is 0 Å². The van der Waals surface area contributed by atoms with E-state index in [1.807, 2.05) is 6.92 Å². The Morgan fingerprint density at radius 3 is 2.70 bits per heavy atom. The highest BCUT2D eigenvalue weighted by atomic mass is 32.1. The number of anilines is 2. The lowest BCUT2D eigenvalue weighted by Crippen LogP contribution is -2.39. The summed E-state index contributed by atoms with van der Waals surface area (Å²) in [5.41, 5.74) is 6.22. The van der Waals surface area contributed by atoms with Gasteiger partial charge in [0.15, 0.2) is 5.13 Å². The Morgan fingerprint density at radius 1 is 1.45 bits per heavy atom. The Balaban J connectivity index is 1.95. The molecular weight excluding hydrogens is 272 g/mol. The number of aromatic nitrogens is 1. The maximum absolute atomic E-state index is 12.3. The molecule has 0 radical (unpaired) electrons. The first kappa shape index (κ1) is 15.1. The van der Waals surface area contributed by atoms with Gasteiger partial charge < -0.3 is 16.4 Å². The van der Waals surface area contributed by atoms with Crippen LogP contribution < -0.4 is 16.4 Å². The summed E-state index contributed by atoms with van der Waals surface area (Å²) in [5.74, 6) is 0.230. The fourth-order valence-corrected chi connectivity index (χ4v) is 3.37. The lowest BCUT2D eigenvalue weighted by Gasteiger charge is -2.34. The summed E-state index contributed by atoms with van der Waals surface area (Å²) in [6.07, 6.45) is 4.38. The number of rotatable bonds is 4. The number of amides is 1. The van der Waals surface area contributed by atoms with E-state index < -0.39 is 0 Å². The Kier molecular flexibility index (Phi) is 4.52. The average molecular weight is 296 g/mol. The molecule has 0 atom stereocenters. The first-order valence-electron chi connectivity index (χ1n) is 7.22. The zero-order chi connectivity index (χ0) is 14.8. The van der Waals surface area contributed by atoms with Crippen LogP contribution in [0.4, 0.5) is 10.9 Å². The van der Waals surface area contributed by atoms with Crippen molar-refractivity contribution in [1.29, 1.82) is 0 Å². The Labute approximate surface area is 124 Å². The summed E-state index contributed by atoms with van der Waals surface area (Å²) >= 11 is 1.32. The number of carbonyl (C=O) groups is 1. The fraction of sp³-hybridized carbons (Fsp3) is 0.714. The van der Waals surface area contributed by atoms with Crippen LogP contribution in [0.3, 0.4) is 0 Å². The minimum atomic E-state index is -0.0890. The van der Waals surface area contributed by atoms with E-state index in [1.54, 1.807) is 0 Å². The molecule has 1 aromatic heterocycles. The Morgan fingerprint density at radius 2 is 2.10 bits per heavy atom. The molecule has 0 unspecified atom stereocenters. The highest BCUT2D eigenvalue weighted by Gasteiger charge is 2.28. The highest BCUT2D eigenvalue weighted by Crippen LogP contribution is 2.35. The molecule has 0 aromatic carbocycles. The summed E-state index contributed by atoms with van der Waals surface area (Å²) in [5, 5.41) is 6.89. The van der Waals surface area contributed by atoms with Crippen molar-refractivity contribution in [2.75, 3.05) is 17.6 Å². The quantitative estimate of drug-likeness (QED) is 0.798. The second-order valence-electron chi connectivity index (χ2n) is 6.18. The van der Waals surface area contributed by atoms with E-state index in [2.05, 4.69) is 29.5 Å². The zero-order valence-electron chi connectivity index (χ0n) is 12.5. The van der Waals surface area contributed by atoms with Crippen LogP contribution in [0.15, 0.2) is 0 Å². The van der Waals surface area contributed by atoms with E-state index in [0.717, 1.165) is 32.2 Å². The molecule has 1 aliphatic rings. The van der Waals surface area contributed by atoms with Crippen LogP contribution in [0.5, 0.6) is 0 Å². The molecule has 1 aliphatic carbocycles. The molecule has 20 heavy (non-hydrogen) atoms. The predicted octanol–water partition coefficient (Wildman–Crippen LogP) is 2.86. The number of hydrogen-bond acceptors (Lipinski definition) is 5. The maximum atomic E-state index is 12.3. The predicted molar refractivity (Wildman–Crippen MR) is 84.2 cm³/mol. The van der Waals surface area contributed by atoms with Gasteiger partial charge in [0.1, 0.15) is 10.7 Å². The minimum Gasteiger partial charge on any atom is -0.382 e. The van der Waals surface area contributed by atoms with Crippen molar-refractivity contribution < 1.29 is 4.79 Å². The van der Waals surface area contributed by atoms with Crippen LogP contribution in [0.1, 0.15) is 56.1 Å². The van der Waals surface area contributed by atoms with Crippen molar-refractivity contribution in [1.82, 2.24) is 10.3 Å². The van der Waals surface area contributed by atoms with Crippen LogP contribution in [-0.2, 0) is 0 Å². The van der Waals surface area contributed by atoms with Crippen LogP contribution >= 0.6 is 11.3 Å². The SMILES string of the molecule is CCNc1nc(N)c(C(=O)NC2CCC(C)(C)CC2)s1. The molecule has 1 amide bonds. The van der Waals surface area contributed by atoms with Crippen molar-refractivity contribution in [3.8, 4) is 0 Å². The van der Waals surface area contributed by atoms with Crippen LogP contribution in [-0.4, -0.2) is 23.5 Å². The summed E-state index contributed by atoms with van der Waals surface area (Å²) in [4.78, 5) is 16.9. The van der Waals surface area contributed by atoms with Gasteiger partial charge >= 0.3 is 0 Å². The third-order valence-corrected chi connectivity index (χ3v) is 4.89. The highest BCUT2D eigenvalue weighted by molar-refractivity contribution is 7.18. The van der Waals surface area contributed by atoms with Crippen molar-refractivity contribution in [3.05, 3.63) is 4.88 Å². The van der Waals surface area contributed by atoms with Gasteiger partial charge in [-0.05, 0) is 38.0 Å². The van der Waals surface area contributed by atoms with Crippen molar-refractivity contribution in [2.45, 2.75) is 52.5 Å². The lowest BCUT2D eigenvalue weighted by molar-refractivity contribution is 0.0914. The van der Waals surface area contributed by atoms with Crippen LogP contribution in [0, 0.1) is 5.41 Å². The first-order chi connectivity index (χ1) is 9.41. The Bertz CT molecular complexity index is 474. The minimum absolute atomic E-state index is 0.0890. The van der Waals surface area contributed by atoms with E-state index in [9.17, 15) is 4.79 Å². The molecule has 2 rings (SSSR count). The second kappa shape index (κ2) is 5.99. The van der Waals surface area contributed by atoms with Gasteiger partial charge in [-0.3, -0.25) is 4.79 Å². The Hall–Kier alpha value is -1.30. The zero-order valence-corrected chi connectivity index (χ0v) is 13.3. The molecule has 1 heterocycles. The van der Waals surface area contributed by atoms with Gasteiger partial charge in [0.25, 0.3) is 5.91 Å². The molecule has 6 heteroatoms. The van der Waals surface area contributed by atoms with Crippen molar-refractivity contribution in [3.63, 3.8) is 0 Å². The van der Waals surface area contributed by atoms with Gasteiger partial charge in [-0.1, -0.05) is 25.2 Å². The van der Waals surface area contributed by atoms with E-state index in [-0.39, 0.29) is 11.9 Å². The summed E-state index contributed by atoms with van der Waals surface area (Å²) in [7, 11) is 0. The smallest absolute Gasteiger partial charge is 0.265 e. The number of nitrogens with two attached hydrogens (primary N) is 1. The number of thiazole rings is 1. The molecule has 112 valence electrons. The van der Waals surface area contributed by atoms with E-state index in [1.165, 1.54) is 11.3 Å². The molecule has 1 fully saturated rings. The van der Waals surface area contributed by atoms with Crippen molar-refractivity contribution >= 4 is 28.2 Å². The largest absolute Gasteiger partial charge is 0.382 e. The van der Waals surface area contributed by atoms with Gasteiger partial charge in [0.2, 0.25) is 0 Å². The number of nitrogens with one attached hydrogen (secondary N) is 2.